The molecule has 0 radical (unpaired) electrons. The lowest BCUT2D eigenvalue weighted by Gasteiger charge is -2.07. The molecular formula is C12H15IN2O2. The fourth-order valence-electron chi connectivity index (χ4n) is 1.78. The van der Waals surface area contributed by atoms with Gasteiger partial charge in [-0.25, -0.2) is 0 Å². The van der Waals surface area contributed by atoms with E-state index in [1.165, 1.54) is 25.7 Å². The molecule has 0 amide bonds. The fraction of sp³-hybridized carbons (Fsp3) is 0.500. The quantitative estimate of drug-likeness (QED) is 0.369. The Balaban J connectivity index is 1.84. The zero-order valence-corrected chi connectivity index (χ0v) is 11.6. The first-order valence-electron chi connectivity index (χ1n) is 5.84. The van der Waals surface area contributed by atoms with Crippen LogP contribution in [-0.4, -0.2) is 11.5 Å². The minimum absolute atomic E-state index is 0.151. The van der Waals surface area contributed by atoms with Crippen LogP contribution in [0.4, 0.5) is 11.4 Å². The smallest absolute Gasteiger partial charge is 0.270 e. The van der Waals surface area contributed by atoms with E-state index < -0.39 is 0 Å². The van der Waals surface area contributed by atoms with Crippen LogP contribution in [-0.2, 0) is 0 Å². The van der Waals surface area contributed by atoms with Crippen LogP contribution in [0.3, 0.4) is 0 Å². The van der Waals surface area contributed by atoms with Crippen LogP contribution in [0.25, 0.3) is 0 Å². The molecule has 0 bridgehead atoms. The van der Waals surface area contributed by atoms with E-state index in [1.807, 2.05) is 0 Å². The summed E-state index contributed by atoms with van der Waals surface area (Å²) < 4.78 is 0.906. The van der Waals surface area contributed by atoms with E-state index in [2.05, 4.69) is 27.9 Å². The van der Waals surface area contributed by atoms with Gasteiger partial charge in [-0.05, 0) is 47.4 Å². The first-order valence-corrected chi connectivity index (χ1v) is 6.92. The van der Waals surface area contributed by atoms with Crippen LogP contribution >= 0.6 is 22.6 Å². The van der Waals surface area contributed by atoms with Crippen LogP contribution < -0.4 is 5.32 Å². The van der Waals surface area contributed by atoms with Gasteiger partial charge in [0.25, 0.3) is 5.69 Å². The predicted octanol–water partition coefficient (Wildman–Crippen LogP) is 3.80. The molecule has 2 rings (SSSR count). The molecule has 0 heterocycles. The van der Waals surface area contributed by atoms with Gasteiger partial charge in [-0.15, -0.1) is 0 Å². The summed E-state index contributed by atoms with van der Waals surface area (Å²) in [4.78, 5) is 10.2. The van der Waals surface area contributed by atoms with Crippen molar-refractivity contribution in [1.82, 2.24) is 0 Å². The maximum atomic E-state index is 10.6. The number of anilines is 1. The molecule has 0 saturated heterocycles. The summed E-state index contributed by atoms with van der Waals surface area (Å²) in [6, 6.07) is 4.94. The first-order chi connectivity index (χ1) is 8.16. The lowest BCUT2D eigenvalue weighted by atomic mass is 10.2. The summed E-state index contributed by atoms with van der Waals surface area (Å²) in [6.07, 6.45) is 5.28. The second kappa shape index (κ2) is 5.66. The average molecular weight is 346 g/mol. The predicted molar refractivity (Wildman–Crippen MR) is 76.3 cm³/mol. The first kappa shape index (κ1) is 12.6. The Morgan fingerprint density at radius 3 is 2.82 bits per heavy atom. The maximum absolute atomic E-state index is 10.6. The van der Waals surface area contributed by atoms with Gasteiger partial charge in [-0.3, -0.25) is 10.1 Å². The van der Waals surface area contributed by atoms with E-state index in [0.29, 0.717) is 0 Å². The number of rotatable bonds is 6. The summed E-state index contributed by atoms with van der Waals surface area (Å²) in [5, 5.41) is 13.9. The Morgan fingerprint density at radius 1 is 1.47 bits per heavy atom. The summed E-state index contributed by atoms with van der Waals surface area (Å²) >= 11 is 2.13. The topological polar surface area (TPSA) is 55.2 Å². The van der Waals surface area contributed by atoms with Gasteiger partial charge >= 0.3 is 0 Å². The number of hydrogen-bond donors (Lipinski definition) is 1. The molecule has 92 valence electrons. The fourth-order valence-corrected chi connectivity index (χ4v) is 2.47. The Bertz CT molecular complexity index is 419. The molecule has 1 aliphatic carbocycles. The molecule has 1 N–H and O–H groups in total. The van der Waals surface area contributed by atoms with E-state index in [4.69, 9.17) is 0 Å². The van der Waals surface area contributed by atoms with E-state index in [-0.39, 0.29) is 10.6 Å². The normalized spacial score (nSPS) is 14.6. The molecule has 0 atom stereocenters. The minimum Gasteiger partial charge on any atom is -0.384 e. The van der Waals surface area contributed by atoms with Gasteiger partial charge in [0.05, 0.1) is 4.92 Å². The lowest BCUT2D eigenvalue weighted by Crippen LogP contribution is -2.03. The molecule has 0 spiro atoms. The van der Waals surface area contributed by atoms with E-state index in [9.17, 15) is 10.1 Å². The van der Waals surface area contributed by atoms with Crippen molar-refractivity contribution in [1.29, 1.82) is 0 Å². The number of nitro groups is 1. The number of hydrogen-bond acceptors (Lipinski definition) is 3. The summed E-state index contributed by atoms with van der Waals surface area (Å²) in [5.41, 5.74) is 1.14. The van der Waals surface area contributed by atoms with E-state index >= 15 is 0 Å². The SMILES string of the molecule is O=[N+]([O-])c1ccc(NCCCC2CC2)c(I)c1. The Hall–Kier alpha value is -0.850. The summed E-state index contributed by atoms with van der Waals surface area (Å²) in [7, 11) is 0. The second-order valence-corrected chi connectivity index (χ2v) is 5.60. The van der Waals surface area contributed by atoms with Gasteiger partial charge in [-0.2, -0.15) is 0 Å². The summed E-state index contributed by atoms with van der Waals surface area (Å²) in [6.45, 7) is 0.949. The largest absolute Gasteiger partial charge is 0.384 e. The third kappa shape index (κ3) is 3.83. The highest BCUT2D eigenvalue weighted by Gasteiger charge is 2.20. The van der Waals surface area contributed by atoms with Crippen LogP contribution in [0, 0.1) is 19.6 Å². The number of halogens is 1. The molecule has 1 aromatic carbocycles. The molecule has 1 aliphatic rings. The summed E-state index contributed by atoms with van der Waals surface area (Å²) in [5.74, 6) is 0.965. The molecule has 0 aliphatic heterocycles. The van der Waals surface area contributed by atoms with Crippen molar-refractivity contribution in [3.63, 3.8) is 0 Å². The van der Waals surface area contributed by atoms with E-state index in [0.717, 1.165) is 21.7 Å². The second-order valence-electron chi connectivity index (χ2n) is 4.43. The number of benzene rings is 1. The third-order valence-corrected chi connectivity index (χ3v) is 3.86. The highest BCUT2D eigenvalue weighted by molar-refractivity contribution is 14.1. The van der Waals surface area contributed by atoms with Crippen LogP contribution in [0.1, 0.15) is 25.7 Å². The molecule has 1 fully saturated rings. The highest BCUT2D eigenvalue weighted by Crippen LogP contribution is 2.33. The number of non-ortho nitro benzene ring substituents is 1. The molecule has 5 heteroatoms. The van der Waals surface area contributed by atoms with Gasteiger partial charge < -0.3 is 5.32 Å². The standard InChI is InChI=1S/C12H15IN2O2/c13-11-8-10(15(16)17)5-6-12(11)14-7-1-2-9-3-4-9/h5-6,8-9,14H,1-4,7H2. The Morgan fingerprint density at radius 2 is 2.24 bits per heavy atom. The molecule has 17 heavy (non-hydrogen) atoms. The van der Waals surface area contributed by atoms with Crippen LogP contribution in [0.2, 0.25) is 0 Å². The van der Waals surface area contributed by atoms with Gasteiger partial charge in [0.15, 0.2) is 0 Å². The van der Waals surface area contributed by atoms with Crippen molar-refractivity contribution < 1.29 is 4.92 Å². The van der Waals surface area contributed by atoms with Gasteiger partial charge in [-0.1, -0.05) is 12.8 Å². The van der Waals surface area contributed by atoms with Crippen molar-refractivity contribution >= 4 is 34.0 Å². The number of nitrogens with one attached hydrogen (secondary N) is 1. The molecule has 1 saturated carbocycles. The van der Waals surface area contributed by atoms with Crippen molar-refractivity contribution in [3.8, 4) is 0 Å². The van der Waals surface area contributed by atoms with Crippen molar-refractivity contribution in [2.45, 2.75) is 25.7 Å². The van der Waals surface area contributed by atoms with Crippen molar-refractivity contribution in [3.05, 3.63) is 31.9 Å². The number of nitrogens with zero attached hydrogens (tertiary/aromatic N) is 1. The third-order valence-electron chi connectivity index (χ3n) is 2.97. The molecule has 1 aromatic rings. The molecule has 0 unspecified atom stereocenters. The van der Waals surface area contributed by atoms with Crippen molar-refractivity contribution in [2.24, 2.45) is 5.92 Å². The van der Waals surface area contributed by atoms with Gasteiger partial charge in [0.2, 0.25) is 0 Å². The Labute approximate surface area is 114 Å². The van der Waals surface area contributed by atoms with Gasteiger partial charge in [0.1, 0.15) is 0 Å². The zero-order chi connectivity index (χ0) is 12.3. The monoisotopic (exact) mass is 346 g/mol. The zero-order valence-electron chi connectivity index (χ0n) is 9.49. The lowest BCUT2D eigenvalue weighted by molar-refractivity contribution is -0.384. The van der Waals surface area contributed by atoms with Gasteiger partial charge in [0, 0.05) is 27.9 Å². The molecule has 4 nitrogen and oxygen atoms in total. The maximum Gasteiger partial charge on any atom is 0.270 e. The van der Waals surface area contributed by atoms with Crippen molar-refractivity contribution in [2.75, 3.05) is 11.9 Å². The minimum atomic E-state index is -0.362. The number of nitro benzene ring substituents is 1. The molecule has 0 aromatic heterocycles. The van der Waals surface area contributed by atoms with Crippen LogP contribution in [0.5, 0.6) is 0 Å². The van der Waals surface area contributed by atoms with E-state index in [1.54, 1.807) is 18.2 Å². The van der Waals surface area contributed by atoms with Crippen LogP contribution in [0.15, 0.2) is 18.2 Å². The highest BCUT2D eigenvalue weighted by atomic mass is 127. The molecular weight excluding hydrogens is 331 g/mol. The average Bonchev–Trinajstić information content (AvgIpc) is 3.09. The Kier molecular flexibility index (Phi) is 4.20.